The second-order valence-corrected chi connectivity index (χ2v) is 2.94. The Morgan fingerprint density at radius 1 is 1.67 bits per heavy atom. The number of ether oxygens (including phenoxy) is 1. The fourth-order valence-electron chi connectivity index (χ4n) is 0.987. The molecule has 0 aliphatic rings. The maximum absolute atomic E-state index is 8.54. The summed E-state index contributed by atoms with van der Waals surface area (Å²) in [5, 5.41) is 18.9. The van der Waals surface area contributed by atoms with Crippen LogP contribution in [0.5, 0.6) is 5.88 Å². The molecule has 0 aromatic carbocycles. The molecule has 0 fully saturated rings. The van der Waals surface area contributed by atoms with Gasteiger partial charge in [0, 0.05) is 0 Å². The van der Waals surface area contributed by atoms with Gasteiger partial charge in [0.2, 0.25) is 5.88 Å². The van der Waals surface area contributed by atoms with Crippen LogP contribution in [0.4, 0.5) is 0 Å². The van der Waals surface area contributed by atoms with Crippen molar-refractivity contribution in [1.29, 1.82) is 0 Å². The highest BCUT2D eigenvalue weighted by Gasteiger charge is 2.09. The minimum Gasteiger partial charge on any atom is -0.476 e. The van der Waals surface area contributed by atoms with Gasteiger partial charge in [-0.2, -0.15) is 5.10 Å². The Morgan fingerprint density at radius 2 is 2.47 bits per heavy atom. The van der Waals surface area contributed by atoms with Gasteiger partial charge < -0.3 is 15.7 Å². The highest BCUT2D eigenvalue weighted by molar-refractivity contribution is 5.98. The smallest absolute Gasteiger partial charge is 0.244 e. The summed E-state index contributed by atoms with van der Waals surface area (Å²) in [4.78, 5) is 0. The van der Waals surface area contributed by atoms with E-state index in [9.17, 15) is 0 Å². The third-order valence-corrected chi connectivity index (χ3v) is 1.81. The molecule has 0 bridgehead atoms. The van der Waals surface area contributed by atoms with Crippen LogP contribution in [-0.2, 0) is 0 Å². The van der Waals surface area contributed by atoms with Gasteiger partial charge >= 0.3 is 0 Å². The normalized spacial score (nSPS) is 11.4. The molecule has 1 heterocycles. The number of unbranched alkanes of at least 4 members (excludes halogenated alkanes) is 1. The summed E-state index contributed by atoms with van der Waals surface area (Å²) in [5.41, 5.74) is 5.90. The highest BCUT2D eigenvalue weighted by atomic mass is 16.5. The predicted octanol–water partition coefficient (Wildman–Crippen LogP) is 0.750. The van der Waals surface area contributed by atoms with Crippen LogP contribution in [0.15, 0.2) is 17.4 Å². The number of aromatic nitrogens is 2. The van der Waals surface area contributed by atoms with Gasteiger partial charge in [-0.15, -0.1) is 5.10 Å². The summed E-state index contributed by atoms with van der Waals surface area (Å²) in [6, 6.07) is 1.59. The van der Waals surface area contributed by atoms with Crippen molar-refractivity contribution in [2.75, 3.05) is 6.61 Å². The number of rotatable bonds is 5. The van der Waals surface area contributed by atoms with Gasteiger partial charge in [0.1, 0.15) is 0 Å². The van der Waals surface area contributed by atoms with Crippen LogP contribution in [-0.4, -0.2) is 27.8 Å². The summed E-state index contributed by atoms with van der Waals surface area (Å²) in [5.74, 6) is 0.262. The van der Waals surface area contributed by atoms with Crippen LogP contribution in [0.25, 0.3) is 0 Å². The van der Waals surface area contributed by atoms with Crippen molar-refractivity contribution >= 4 is 5.84 Å². The highest BCUT2D eigenvalue weighted by Crippen LogP contribution is 2.12. The number of nitrogens with two attached hydrogens (primary N) is 1. The SMILES string of the molecule is CCCCOc1nnccc1/C(N)=N/O. The first-order chi connectivity index (χ1) is 7.29. The molecule has 0 saturated heterocycles. The van der Waals surface area contributed by atoms with E-state index in [1.807, 2.05) is 0 Å². The maximum Gasteiger partial charge on any atom is 0.244 e. The van der Waals surface area contributed by atoms with Gasteiger partial charge in [-0.25, -0.2) is 0 Å². The summed E-state index contributed by atoms with van der Waals surface area (Å²) >= 11 is 0. The van der Waals surface area contributed by atoms with Gasteiger partial charge in [-0.05, 0) is 12.5 Å². The average molecular weight is 210 g/mol. The third-order valence-electron chi connectivity index (χ3n) is 1.81. The van der Waals surface area contributed by atoms with E-state index in [1.54, 1.807) is 6.07 Å². The summed E-state index contributed by atoms with van der Waals surface area (Å²) in [6.07, 6.45) is 3.41. The molecular formula is C9H14N4O2. The molecular weight excluding hydrogens is 196 g/mol. The van der Waals surface area contributed by atoms with Crippen LogP contribution < -0.4 is 10.5 Å². The molecule has 0 saturated carbocycles. The molecule has 1 aromatic heterocycles. The first-order valence-electron chi connectivity index (χ1n) is 4.72. The maximum atomic E-state index is 8.54. The quantitative estimate of drug-likeness (QED) is 0.246. The zero-order valence-corrected chi connectivity index (χ0v) is 8.55. The van der Waals surface area contributed by atoms with Gasteiger partial charge in [0.25, 0.3) is 0 Å². The molecule has 0 aliphatic heterocycles. The molecule has 0 amide bonds. The Labute approximate surface area is 87.8 Å². The molecule has 15 heavy (non-hydrogen) atoms. The lowest BCUT2D eigenvalue weighted by Crippen LogP contribution is -2.16. The zero-order chi connectivity index (χ0) is 11.1. The van der Waals surface area contributed by atoms with Crippen molar-refractivity contribution in [3.63, 3.8) is 0 Å². The van der Waals surface area contributed by atoms with Crippen molar-refractivity contribution in [2.45, 2.75) is 19.8 Å². The van der Waals surface area contributed by atoms with Crippen molar-refractivity contribution in [1.82, 2.24) is 10.2 Å². The Kier molecular flexibility index (Phi) is 4.33. The van der Waals surface area contributed by atoms with E-state index >= 15 is 0 Å². The van der Waals surface area contributed by atoms with Crippen molar-refractivity contribution < 1.29 is 9.94 Å². The van der Waals surface area contributed by atoms with E-state index in [4.69, 9.17) is 15.7 Å². The van der Waals surface area contributed by atoms with Crippen LogP contribution in [0.1, 0.15) is 25.3 Å². The Morgan fingerprint density at radius 3 is 3.13 bits per heavy atom. The molecule has 6 nitrogen and oxygen atoms in total. The Bertz CT molecular complexity index is 341. The van der Waals surface area contributed by atoms with Crippen molar-refractivity contribution in [3.8, 4) is 5.88 Å². The van der Waals surface area contributed by atoms with Crippen LogP contribution in [0.3, 0.4) is 0 Å². The monoisotopic (exact) mass is 210 g/mol. The van der Waals surface area contributed by atoms with Gasteiger partial charge in [0.15, 0.2) is 5.84 Å². The van der Waals surface area contributed by atoms with E-state index in [1.165, 1.54) is 6.20 Å². The van der Waals surface area contributed by atoms with Gasteiger partial charge in [0.05, 0.1) is 18.4 Å². The number of hydrogen-bond acceptors (Lipinski definition) is 5. The molecule has 1 aromatic rings. The first kappa shape index (κ1) is 11.2. The van der Waals surface area contributed by atoms with E-state index < -0.39 is 0 Å². The third kappa shape index (κ3) is 3.08. The lowest BCUT2D eigenvalue weighted by molar-refractivity contribution is 0.292. The molecule has 3 N–H and O–H groups in total. The second-order valence-electron chi connectivity index (χ2n) is 2.94. The average Bonchev–Trinajstić information content (AvgIpc) is 2.29. The predicted molar refractivity (Wildman–Crippen MR) is 54.9 cm³/mol. The molecule has 1 rings (SSSR count). The standard InChI is InChI=1S/C9H14N4O2/c1-2-3-6-15-9-7(8(10)13-14)4-5-11-12-9/h4-5,14H,2-3,6H2,1H3,(H2,10,13). The zero-order valence-electron chi connectivity index (χ0n) is 8.55. The fraction of sp³-hybridized carbons (Fsp3) is 0.444. The lowest BCUT2D eigenvalue weighted by atomic mass is 10.3. The van der Waals surface area contributed by atoms with Crippen molar-refractivity contribution in [2.24, 2.45) is 10.9 Å². The minimum absolute atomic E-state index is 0.0311. The topological polar surface area (TPSA) is 93.6 Å². The van der Waals surface area contributed by atoms with E-state index in [0.29, 0.717) is 18.1 Å². The van der Waals surface area contributed by atoms with E-state index in [2.05, 4.69) is 22.3 Å². The lowest BCUT2D eigenvalue weighted by Gasteiger charge is -2.07. The van der Waals surface area contributed by atoms with Crippen molar-refractivity contribution in [3.05, 3.63) is 17.8 Å². The minimum atomic E-state index is -0.0311. The molecule has 0 aliphatic carbocycles. The summed E-state index contributed by atoms with van der Waals surface area (Å²) in [6.45, 7) is 2.60. The van der Waals surface area contributed by atoms with E-state index in [0.717, 1.165) is 12.8 Å². The summed E-state index contributed by atoms with van der Waals surface area (Å²) < 4.78 is 5.35. The Balaban J connectivity index is 2.77. The Hall–Kier alpha value is -1.85. The molecule has 6 heteroatoms. The summed E-state index contributed by atoms with van der Waals surface area (Å²) in [7, 11) is 0. The molecule has 0 spiro atoms. The molecule has 82 valence electrons. The van der Waals surface area contributed by atoms with Gasteiger partial charge in [-0.3, -0.25) is 0 Å². The second kappa shape index (κ2) is 5.79. The largest absolute Gasteiger partial charge is 0.476 e. The molecule has 0 radical (unpaired) electrons. The fourth-order valence-corrected chi connectivity index (χ4v) is 0.987. The first-order valence-corrected chi connectivity index (χ1v) is 4.72. The number of hydrogen-bond donors (Lipinski definition) is 2. The van der Waals surface area contributed by atoms with E-state index in [-0.39, 0.29) is 5.84 Å². The number of nitrogens with zero attached hydrogens (tertiary/aromatic N) is 3. The van der Waals surface area contributed by atoms with Crippen LogP contribution >= 0.6 is 0 Å². The number of oxime groups is 1. The molecule has 0 unspecified atom stereocenters. The van der Waals surface area contributed by atoms with Gasteiger partial charge in [-0.1, -0.05) is 18.5 Å². The number of amidine groups is 1. The molecule has 0 atom stereocenters. The van der Waals surface area contributed by atoms with Crippen LogP contribution in [0.2, 0.25) is 0 Å². The van der Waals surface area contributed by atoms with Crippen LogP contribution in [0, 0.1) is 0 Å².